The highest BCUT2D eigenvalue weighted by Crippen LogP contribution is 2.36. The van der Waals surface area contributed by atoms with Crippen molar-refractivity contribution in [2.45, 2.75) is 38.7 Å². The summed E-state index contributed by atoms with van der Waals surface area (Å²) in [6.07, 6.45) is 4.02. The Bertz CT molecular complexity index is 805. The maximum Gasteiger partial charge on any atom is 0.526 e. The number of para-hydroxylation sites is 1. The lowest BCUT2D eigenvalue weighted by Gasteiger charge is -2.28. The number of hydrogen-bond acceptors (Lipinski definition) is 6. The van der Waals surface area contributed by atoms with E-state index in [0.29, 0.717) is 24.3 Å². The molecule has 0 aliphatic carbocycles. The summed E-state index contributed by atoms with van der Waals surface area (Å²) in [5.74, 6) is -0.101. The first-order valence-corrected chi connectivity index (χ1v) is 8.18. The van der Waals surface area contributed by atoms with Crippen LogP contribution in [0.4, 0.5) is 0 Å². The van der Waals surface area contributed by atoms with Gasteiger partial charge in [0.2, 0.25) is 0 Å². The molecule has 2 aromatic rings. The molecule has 2 heterocycles. The molecule has 0 unspecified atom stereocenters. The van der Waals surface area contributed by atoms with E-state index in [0.717, 1.165) is 11.1 Å². The molecule has 0 bridgehead atoms. The highest BCUT2D eigenvalue weighted by molar-refractivity contribution is 6.47. The van der Waals surface area contributed by atoms with E-state index in [1.165, 1.54) is 6.92 Å². The number of Topliss-reactive ketones (excluding diaryl/α,β-unsaturated/α-hetero) is 2. The number of ketones is 2. The van der Waals surface area contributed by atoms with Gasteiger partial charge in [0, 0.05) is 30.5 Å². The molecule has 7 nitrogen and oxygen atoms in total. The van der Waals surface area contributed by atoms with Gasteiger partial charge in [0.15, 0.2) is 11.6 Å². The fourth-order valence-corrected chi connectivity index (χ4v) is 3.07. The fourth-order valence-electron chi connectivity index (χ4n) is 3.07. The van der Waals surface area contributed by atoms with Crippen LogP contribution in [0.25, 0.3) is 0 Å². The third-order valence-electron chi connectivity index (χ3n) is 4.35. The first-order valence-electron chi connectivity index (χ1n) is 8.18. The van der Waals surface area contributed by atoms with E-state index >= 15 is 0 Å². The summed E-state index contributed by atoms with van der Waals surface area (Å²) in [7, 11) is -1.12. The van der Waals surface area contributed by atoms with Gasteiger partial charge in [0.1, 0.15) is 5.75 Å². The van der Waals surface area contributed by atoms with Gasteiger partial charge < -0.3 is 15.4 Å². The maximum absolute atomic E-state index is 12.3. The van der Waals surface area contributed by atoms with Crippen LogP contribution in [-0.2, 0) is 24.3 Å². The topological polar surface area (TPSA) is 107 Å². The average Bonchev–Trinajstić information content (AvgIpc) is 3.02. The number of hydrogen-bond donors (Lipinski definition) is 2. The van der Waals surface area contributed by atoms with Crippen LogP contribution in [0, 0.1) is 0 Å². The second-order valence-corrected chi connectivity index (χ2v) is 6.32. The van der Waals surface area contributed by atoms with Crippen molar-refractivity contribution in [2.24, 2.45) is 5.73 Å². The van der Waals surface area contributed by atoms with Crippen molar-refractivity contribution in [2.75, 3.05) is 0 Å². The maximum atomic E-state index is 12.3. The van der Waals surface area contributed by atoms with Crippen LogP contribution in [0.1, 0.15) is 34.8 Å². The van der Waals surface area contributed by atoms with E-state index in [9.17, 15) is 14.6 Å². The van der Waals surface area contributed by atoms with Crippen LogP contribution >= 0.6 is 0 Å². The SMILES string of the molecule is CC(=O)c1cccc2c1OB(O)[C@@H](CC(=O)Cn1cc(CN)cn1)C2. The van der Waals surface area contributed by atoms with Crippen molar-refractivity contribution < 1.29 is 19.3 Å². The number of nitrogens with two attached hydrogens (primary N) is 1. The summed E-state index contributed by atoms with van der Waals surface area (Å²) in [5, 5.41) is 14.3. The monoisotopic (exact) mass is 341 g/mol. The zero-order valence-electron chi connectivity index (χ0n) is 14.0. The smallest absolute Gasteiger partial charge is 0.526 e. The number of rotatable bonds is 6. The molecule has 3 N–H and O–H groups in total. The summed E-state index contributed by atoms with van der Waals surface area (Å²) in [6.45, 7) is 1.96. The Morgan fingerprint density at radius 1 is 1.48 bits per heavy atom. The molecule has 0 radical (unpaired) electrons. The average molecular weight is 341 g/mol. The molecule has 0 amide bonds. The highest BCUT2D eigenvalue weighted by atomic mass is 16.5. The predicted octanol–water partition coefficient (Wildman–Crippen LogP) is 0.989. The van der Waals surface area contributed by atoms with Crippen LogP contribution in [-0.4, -0.2) is 33.5 Å². The van der Waals surface area contributed by atoms with E-state index in [4.69, 9.17) is 10.4 Å². The Labute approximate surface area is 145 Å². The fraction of sp³-hybridized carbons (Fsp3) is 0.353. The van der Waals surface area contributed by atoms with Crippen molar-refractivity contribution >= 4 is 18.7 Å². The van der Waals surface area contributed by atoms with E-state index in [1.807, 2.05) is 6.07 Å². The number of benzene rings is 1. The van der Waals surface area contributed by atoms with E-state index in [1.54, 1.807) is 29.2 Å². The largest absolute Gasteiger partial charge is 0.535 e. The van der Waals surface area contributed by atoms with Gasteiger partial charge in [-0.25, -0.2) is 0 Å². The lowest BCUT2D eigenvalue weighted by atomic mass is 9.64. The molecule has 130 valence electrons. The zero-order chi connectivity index (χ0) is 18.0. The van der Waals surface area contributed by atoms with E-state index in [-0.39, 0.29) is 30.3 Å². The molecule has 1 aliphatic heterocycles. The second-order valence-electron chi connectivity index (χ2n) is 6.32. The molecule has 8 heteroatoms. The number of fused-ring (bicyclic) bond motifs is 1. The number of aromatic nitrogens is 2. The van der Waals surface area contributed by atoms with Crippen LogP contribution in [0.15, 0.2) is 30.6 Å². The minimum Gasteiger partial charge on any atom is -0.535 e. The van der Waals surface area contributed by atoms with Crippen LogP contribution in [0.3, 0.4) is 0 Å². The summed E-state index contributed by atoms with van der Waals surface area (Å²) >= 11 is 0. The summed E-state index contributed by atoms with van der Waals surface area (Å²) in [6, 6.07) is 5.31. The van der Waals surface area contributed by atoms with Crippen molar-refractivity contribution in [3.8, 4) is 5.75 Å². The predicted molar refractivity (Wildman–Crippen MR) is 92.2 cm³/mol. The Kier molecular flexibility index (Phi) is 5.01. The lowest BCUT2D eigenvalue weighted by Crippen LogP contribution is -2.36. The Morgan fingerprint density at radius 3 is 2.96 bits per heavy atom. The van der Waals surface area contributed by atoms with Crippen LogP contribution < -0.4 is 10.4 Å². The summed E-state index contributed by atoms with van der Waals surface area (Å²) < 4.78 is 7.10. The van der Waals surface area contributed by atoms with Gasteiger partial charge in [-0.05, 0) is 25.0 Å². The standard InChI is InChI=1S/C17H20BN3O4/c1-11(22)16-4-2-3-13-5-14(18(24)25-17(13)16)6-15(23)10-21-9-12(7-19)8-20-21/h2-4,8-9,14,24H,5-7,10,19H2,1H3/t14-/m1/s1. The number of carbonyl (C=O) groups is 2. The molecule has 1 aliphatic rings. The first kappa shape index (κ1) is 17.4. The lowest BCUT2D eigenvalue weighted by molar-refractivity contribution is -0.120. The number of carbonyl (C=O) groups excluding carboxylic acids is 2. The van der Waals surface area contributed by atoms with E-state index in [2.05, 4.69) is 5.10 Å². The highest BCUT2D eigenvalue weighted by Gasteiger charge is 2.37. The summed E-state index contributed by atoms with van der Waals surface area (Å²) in [5.41, 5.74) is 7.67. The second kappa shape index (κ2) is 7.20. The number of nitrogens with zero attached hydrogens (tertiary/aromatic N) is 2. The Balaban J connectivity index is 1.68. The van der Waals surface area contributed by atoms with Crippen molar-refractivity contribution in [1.82, 2.24) is 9.78 Å². The molecule has 0 spiro atoms. The third-order valence-corrected chi connectivity index (χ3v) is 4.35. The van der Waals surface area contributed by atoms with Gasteiger partial charge >= 0.3 is 7.12 Å². The normalized spacial score (nSPS) is 16.3. The van der Waals surface area contributed by atoms with Gasteiger partial charge in [0.05, 0.1) is 18.3 Å². The van der Waals surface area contributed by atoms with Crippen molar-refractivity contribution in [1.29, 1.82) is 0 Å². The molecule has 0 saturated carbocycles. The first-order chi connectivity index (χ1) is 12.0. The summed E-state index contributed by atoms with van der Waals surface area (Å²) in [4.78, 5) is 24.0. The molecule has 0 fully saturated rings. The molecule has 25 heavy (non-hydrogen) atoms. The molecular weight excluding hydrogens is 321 g/mol. The van der Waals surface area contributed by atoms with Crippen molar-refractivity contribution in [3.05, 3.63) is 47.3 Å². The van der Waals surface area contributed by atoms with Gasteiger partial charge in [-0.1, -0.05) is 12.1 Å². The molecular formula is C17H20BN3O4. The van der Waals surface area contributed by atoms with Crippen molar-refractivity contribution in [3.63, 3.8) is 0 Å². The minimum absolute atomic E-state index is 0.0505. The molecule has 0 saturated heterocycles. The van der Waals surface area contributed by atoms with Gasteiger partial charge in [-0.2, -0.15) is 5.10 Å². The van der Waals surface area contributed by atoms with E-state index < -0.39 is 7.12 Å². The molecule has 1 aromatic carbocycles. The molecule has 1 aromatic heterocycles. The zero-order valence-corrected chi connectivity index (χ0v) is 14.0. The van der Waals surface area contributed by atoms with Gasteiger partial charge in [0.25, 0.3) is 0 Å². The third kappa shape index (κ3) is 3.80. The van der Waals surface area contributed by atoms with Gasteiger partial charge in [-0.3, -0.25) is 14.3 Å². The Hall–Kier alpha value is -2.45. The molecule has 3 rings (SSSR count). The van der Waals surface area contributed by atoms with Crippen LogP contribution in [0.5, 0.6) is 5.75 Å². The quantitative estimate of drug-likeness (QED) is 0.599. The minimum atomic E-state index is -1.12. The Morgan fingerprint density at radius 2 is 2.28 bits per heavy atom. The van der Waals surface area contributed by atoms with Gasteiger partial charge in [-0.15, -0.1) is 0 Å². The molecule has 1 atom stereocenters. The van der Waals surface area contributed by atoms with Crippen LogP contribution in [0.2, 0.25) is 5.82 Å².